The van der Waals surface area contributed by atoms with Crippen molar-refractivity contribution in [2.75, 3.05) is 7.11 Å². The zero-order chi connectivity index (χ0) is 13.1. The van der Waals surface area contributed by atoms with Crippen LogP contribution >= 0.6 is 0 Å². The summed E-state index contributed by atoms with van der Waals surface area (Å²) in [5.41, 5.74) is 2.18. The molecule has 0 bridgehead atoms. The number of H-pyrrole nitrogens is 1. The number of aromatic nitrogens is 1. The van der Waals surface area contributed by atoms with Crippen LogP contribution in [0.3, 0.4) is 0 Å². The molecule has 3 heteroatoms. The van der Waals surface area contributed by atoms with Crippen LogP contribution in [0.2, 0.25) is 0 Å². The number of nitrogens with one attached hydrogen (secondary N) is 1. The van der Waals surface area contributed by atoms with Gasteiger partial charge < -0.3 is 14.5 Å². The minimum atomic E-state index is 0.535. The molecule has 0 fully saturated rings. The SMILES string of the molecule is COc1c(OCc2ccccc2)ccc2[nH]ccc12. The number of fused-ring (bicyclic) bond motifs is 1. The van der Waals surface area contributed by atoms with Crippen molar-refractivity contribution in [3.8, 4) is 11.5 Å². The van der Waals surface area contributed by atoms with Crippen molar-refractivity contribution in [1.82, 2.24) is 4.98 Å². The molecule has 0 unspecified atom stereocenters. The number of rotatable bonds is 4. The van der Waals surface area contributed by atoms with E-state index < -0.39 is 0 Å². The molecule has 19 heavy (non-hydrogen) atoms. The van der Waals surface area contributed by atoms with Gasteiger partial charge in [-0.2, -0.15) is 0 Å². The van der Waals surface area contributed by atoms with E-state index in [9.17, 15) is 0 Å². The molecule has 0 aliphatic carbocycles. The Balaban J connectivity index is 1.88. The number of methoxy groups -OCH3 is 1. The summed E-state index contributed by atoms with van der Waals surface area (Å²) in [5, 5.41) is 1.04. The molecule has 1 aromatic heterocycles. The second kappa shape index (κ2) is 5.06. The average Bonchev–Trinajstić information content (AvgIpc) is 2.94. The molecule has 1 heterocycles. The fraction of sp³-hybridized carbons (Fsp3) is 0.125. The highest BCUT2D eigenvalue weighted by atomic mass is 16.5. The molecule has 3 nitrogen and oxygen atoms in total. The molecule has 3 rings (SSSR count). The Hall–Kier alpha value is -2.42. The number of benzene rings is 2. The first kappa shape index (κ1) is 11.7. The number of hydrogen-bond donors (Lipinski definition) is 1. The van der Waals surface area contributed by atoms with Crippen molar-refractivity contribution in [2.45, 2.75) is 6.61 Å². The van der Waals surface area contributed by atoms with Gasteiger partial charge in [0.1, 0.15) is 6.61 Å². The predicted molar refractivity (Wildman–Crippen MR) is 75.6 cm³/mol. The Labute approximate surface area is 111 Å². The van der Waals surface area contributed by atoms with Crippen LogP contribution in [0.4, 0.5) is 0 Å². The first-order valence-corrected chi connectivity index (χ1v) is 6.19. The third-order valence-electron chi connectivity index (χ3n) is 3.09. The van der Waals surface area contributed by atoms with Gasteiger partial charge in [-0.1, -0.05) is 30.3 Å². The standard InChI is InChI=1S/C16H15NO2/c1-18-16-13-9-10-17-14(13)7-8-15(16)19-11-12-5-3-2-4-6-12/h2-10,17H,11H2,1H3. The highest BCUT2D eigenvalue weighted by Gasteiger charge is 2.10. The van der Waals surface area contributed by atoms with Crippen LogP contribution in [0.25, 0.3) is 10.9 Å². The van der Waals surface area contributed by atoms with Gasteiger partial charge in [0.25, 0.3) is 0 Å². The van der Waals surface area contributed by atoms with Gasteiger partial charge in [0, 0.05) is 17.1 Å². The van der Waals surface area contributed by atoms with E-state index in [-0.39, 0.29) is 0 Å². The molecule has 0 aliphatic rings. The zero-order valence-electron chi connectivity index (χ0n) is 10.7. The first-order valence-electron chi connectivity index (χ1n) is 6.19. The number of hydrogen-bond acceptors (Lipinski definition) is 2. The van der Waals surface area contributed by atoms with Crippen LogP contribution in [-0.2, 0) is 6.61 Å². The Morgan fingerprint density at radius 2 is 1.84 bits per heavy atom. The van der Waals surface area contributed by atoms with Gasteiger partial charge in [0.2, 0.25) is 0 Å². The van der Waals surface area contributed by atoms with E-state index in [0.29, 0.717) is 6.61 Å². The van der Waals surface area contributed by atoms with Crippen LogP contribution in [0.1, 0.15) is 5.56 Å². The molecule has 0 saturated heterocycles. The van der Waals surface area contributed by atoms with Crippen molar-refractivity contribution in [2.24, 2.45) is 0 Å². The van der Waals surface area contributed by atoms with Crippen molar-refractivity contribution in [1.29, 1.82) is 0 Å². The summed E-state index contributed by atoms with van der Waals surface area (Å²) in [4.78, 5) is 3.16. The van der Waals surface area contributed by atoms with Crippen LogP contribution in [0.15, 0.2) is 54.7 Å². The third-order valence-corrected chi connectivity index (χ3v) is 3.09. The molecule has 3 aromatic rings. The molecule has 0 aliphatic heterocycles. The maximum Gasteiger partial charge on any atom is 0.170 e. The van der Waals surface area contributed by atoms with Gasteiger partial charge in [0.15, 0.2) is 11.5 Å². The molecule has 1 N–H and O–H groups in total. The molecule has 0 spiro atoms. The summed E-state index contributed by atoms with van der Waals surface area (Å²) in [5.74, 6) is 1.54. The molecular weight excluding hydrogens is 238 g/mol. The molecule has 2 aromatic carbocycles. The summed E-state index contributed by atoms with van der Waals surface area (Å²) in [7, 11) is 1.66. The molecule has 0 saturated carbocycles. The Bertz CT molecular complexity index is 674. The summed E-state index contributed by atoms with van der Waals surface area (Å²) in [6.45, 7) is 0.535. The third kappa shape index (κ3) is 2.27. The lowest BCUT2D eigenvalue weighted by atomic mass is 10.2. The molecule has 96 valence electrons. The second-order valence-corrected chi connectivity index (χ2v) is 4.31. The van der Waals surface area contributed by atoms with Crippen LogP contribution in [-0.4, -0.2) is 12.1 Å². The Kier molecular flexibility index (Phi) is 3.11. The number of ether oxygens (including phenoxy) is 2. The molecule has 0 atom stereocenters. The van der Waals surface area contributed by atoms with Gasteiger partial charge >= 0.3 is 0 Å². The minimum Gasteiger partial charge on any atom is -0.492 e. The van der Waals surface area contributed by atoms with Gasteiger partial charge in [0.05, 0.1) is 7.11 Å². The lowest BCUT2D eigenvalue weighted by molar-refractivity contribution is 0.286. The van der Waals surface area contributed by atoms with E-state index in [1.165, 1.54) is 0 Å². The predicted octanol–water partition coefficient (Wildman–Crippen LogP) is 3.76. The average molecular weight is 253 g/mol. The van der Waals surface area contributed by atoms with E-state index in [1.807, 2.05) is 54.7 Å². The number of aromatic amines is 1. The lowest BCUT2D eigenvalue weighted by Crippen LogP contribution is -1.97. The Morgan fingerprint density at radius 1 is 1.00 bits per heavy atom. The molecule has 0 amide bonds. The van der Waals surface area contributed by atoms with Gasteiger partial charge in [-0.3, -0.25) is 0 Å². The summed E-state index contributed by atoms with van der Waals surface area (Å²) in [6, 6.07) is 16.0. The fourth-order valence-corrected chi connectivity index (χ4v) is 2.15. The maximum absolute atomic E-state index is 5.85. The highest BCUT2D eigenvalue weighted by molar-refractivity contribution is 5.88. The quantitative estimate of drug-likeness (QED) is 0.768. The van der Waals surface area contributed by atoms with Crippen molar-refractivity contribution in [3.05, 3.63) is 60.3 Å². The zero-order valence-corrected chi connectivity index (χ0v) is 10.7. The second-order valence-electron chi connectivity index (χ2n) is 4.31. The summed E-state index contributed by atoms with van der Waals surface area (Å²) < 4.78 is 11.3. The maximum atomic E-state index is 5.85. The largest absolute Gasteiger partial charge is 0.492 e. The van der Waals surface area contributed by atoms with Gasteiger partial charge in [-0.05, 0) is 23.8 Å². The van der Waals surface area contributed by atoms with E-state index in [1.54, 1.807) is 7.11 Å². The summed E-state index contributed by atoms with van der Waals surface area (Å²) in [6.07, 6.45) is 1.90. The van der Waals surface area contributed by atoms with Crippen molar-refractivity contribution >= 4 is 10.9 Å². The minimum absolute atomic E-state index is 0.535. The van der Waals surface area contributed by atoms with E-state index in [4.69, 9.17) is 9.47 Å². The van der Waals surface area contributed by atoms with E-state index in [0.717, 1.165) is 28.0 Å². The van der Waals surface area contributed by atoms with Crippen LogP contribution in [0.5, 0.6) is 11.5 Å². The van der Waals surface area contributed by atoms with Gasteiger partial charge in [-0.15, -0.1) is 0 Å². The lowest BCUT2D eigenvalue weighted by Gasteiger charge is -2.11. The first-order chi connectivity index (χ1) is 9.38. The highest BCUT2D eigenvalue weighted by Crippen LogP contribution is 2.35. The van der Waals surface area contributed by atoms with E-state index in [2.05, 4.69) is 4.98 Å². The monoisotopic (exact) mass is 253 g/mol. The van der Waals surface area contributed by atoms with Crippen molar-refractivity contribution < 1.29 is 9.47 Å². The van der Waals surface area contributed by atoms with Gasteiger partial charge in [-0.25, -0.2) is 0 Å². The fourth-order valence-electron chi connectivity index (χ4n) is 2.15. The van der Waals surface area contributed by atoms with E-state index >= 15 is 0 Å². The topological polar surface area (TPSA) is 34.2 Å². The normalized spacial score (nSPS) is 10.6. The molecular formula is C16H15NO2. The van der Waals surface area contributed by atoms with Crippen molar-refractivity contribution in [3.63, 3.8) is 0 Å². The van der Waals surface area contributed by atoms with Crippen LogP contribution < -0.4 is 9.47 Å². The Morgan fingerprint density at radius 3 is 2.63 bits per heavy atom. The van der Waals surface area contributed by atoms with Crippen LogP contribution in [0, 0.1) is 0 Å². The smallest absolute Gasteiger partial charge is 0.170 e. The summed E-state index contributed by atoms with van der Waals surface area (Å²) >= 11 is 0. The molecule has 0 radical (unpaired) electrons.